The molecule has 0 heterocycles. The Morgan fingerprint density at radius 1 is 0.840 bits per heavy atom. The molecule has 0 saturated heterocycles. The quantitative estimate of drug-likeness (QED) is 0.679. The van der Waals surface area contributed by atoms with E-state index in [9.17, 15) is 8.42 Å². The van der Waals surface area contributed by atoms with E-state index >= 15 is 0 Å². The van der Waals surface area contributed by atoms with E-state index in [2.05, 4.69) is 0 Å². The van der Waals surface area contributed by atoms with E-state index < -0.39 is 10.0 Å². The van der Waals surface area contributed by atoms with Gasteiger partial charge in [-0.2, -0.15) is 0 Å². The number of fused-ring (bicyclic) bond motifs is 1. The molecule has 5 heteroatoms. The number of nitrogens with zero attached hydrogens (tertiary/aromatic N) is 1. The van der Waals surface area contributed by atoms with E-state index in [1.54, 1.807) is 19.2 Å². The first-order valence-corrected chi connectivity index (χ1v) is 9.56. The van der Waals surface area contributed by atoms with Crippen molar-refractivity contribution in [1.29, 1.82) is 0 Å². The smallest absolute Gasteiger partial charge is 0.265 e. The molecule has 0 radical (unpaired) electrons. The Balaban J connectivity index is 2.25. The van der Waals surface area contributed by atoms with Crippen molar-refractivity contribution >= 4 is 26.5 Å². The molecule has 3 aromatic carbocycles. The van der Waals surface area contributed by atoms with Gasteiger partial charge in [-0.1, -0.05) is 42.5 Å². The minimum absolute atomic E-state index is 0.215. The van der Waals surface area contributed by atoms with Crippen LogP contribution in [0.1, 0.15) is 13.8 Å². The first kappa shape index (κ1) is 17.3. The van der Waals surface area contributed by atoms with Crippen LogP contribution < -0.4 is 9.04 Å². The normalized spacial score (nSPS) is 11.7. The first-order valence-electron chi connectivity index (χ1n) is 8.12. The molecule has 0 unspecified atom stereocenters. The summed E-state index contributed by atoms with van der Waals surface area (Å²) in [6.07, 6.45) is 0. The van der Waals surface area contributed by atoms with Crippen LogP contribution in [0.15, 0.2) is 71.6 Å². The third kappa shape index (κ3) is 3.07. The standard InChI is InChI=1S/C20H21NO3S/c1-15(2)21(16-9-5-4-6-10-16)25(22,23)20-14-13-19(24-3)17-11-7-8-12-18(17)20/h4-15H,1-3H3. The largest absolute Gasteiger partial charge is 0.496 e. The van der Waals surface area contributed by atoms with Crippen LogP contribution in [0.25, 0.3) is 10.8 Å². The number of hydrogen-bond acceptors (Lipinski definition) is 3. The molecule has 25 heavy (non-hydrogen) atoms. The summed E-state index contributed by atoms with van der Waals surface area (Å²) in [4.78, 5) is 0.279. The van der Waals surface area contributed by atoms with Gasteiger partial charge < -0.3 is 4.74 Å². The number of hydrogen-bond donors (Lipinski definition) is 0. The van der Waals surface area contributed by atoms with E-state index in [1.165, 1.54) is 4.31 Å². The molecule has 3 aromatic rings. The Hall–Kier alpha value is -2.53. The van der Waals surface area contributed by atoms with Crippen molar-refractivity contribution in [2.75, 3.05) is 11.4 Å². The second kappa shape index (κ2) is 6.76. The maximum Gasteiger partial charge on any atom is 0.265 e. The van der Waals surface area contributed by atoms with Gasteiger partial charge in [-0.15, -0.1) is 0 Å². The van der Waals surface area contributed by atoms with Crippen LogP contribution in [0.4, 0.5) is 5.69 Å². The molecule has 4 nitrogen and oxygen atoms in total. The van der Waals surface area contributed by atoms with Crippen molar-refractivity contribution in [1.82, 2.24) is 0 Å². The van der Waals surface area contributed by atoms with Crippen LogP contribution in [-0.4, -0.2) is 21.6 Å². The summed E-state index contributed by atoms with van der Waals surface area (Å²) < 4.78 is 33.8. The number of rotatable bonds is 5. The second-order valence-electron chi connectivity index (χ2n) is 6.04. The second-order valence-corrected chi connectivity index (χ2v) is 7.83. The summed E-state index contributed by atoms with van der Waals surface area (Å²) in [6.45, 7) is 3.74. The number of para-hydroxylation sites is 1. The van der Waals surface area contributed by atoms with Crippen molar-refractivity contribution in [2.24, 2.45) is 0 Å². The highest BCUT2D eigenvalue weighted by Crippen LogP contribution is 2.34. The van der Waals surface area contributed by atoms with Crippen LogP contribution in [0.2, 0.25) is 0 Å². The minimum atomic E-state index is -3.73. The molecule has 0 atom stereocenters. The number of anilines is 1. The average Bonchev–Trinajstić information content (AvgIpc) is 2.61. The lowest BCUT2D eigenvalue weighted by Crippen LogP contribution is -2.37. The lowest BCUT2D eigenvalue weighted by molar-refractivity contribution is 0.419. The van der Waals surface area contributed by atoms with Crippen LogP contribution in [0.5, 0.6) is 5.75 Å². The zero-order valence-electron chi connectivity index (χ0n) is 14.5. The van der Waals surface area contributed by atoms with E-state index in [0.717, 1.165) is 5.39 Å². The fraction of sp³-hybridized carbons (Fsp3) is 0.200. The van der Waals surface area contributed by atoms with Crippen LogP contribution in [-0.2, 0) is 10.0 Å². The van der Waals surface area contributed by atoms with E-state index in [0.29, 0.717) is 16.8 Å². The van der Waals surface area contributed by atoms with Gasteiger partial charge in [-0.3, -0.25) is 4.31 Å². The van der Waals surface area contributed by atoms with Gasteiger partial charge in [0, 0.05) is 16.8 Å². The molecule has 130 valence electrons. The van der Waals surface area contributed by atoms with E-state index in [-0.39, 0.29) is 10.9 Å². The van der Waals surface area contributed by atoms with Crippen molar-refractivity contribution in [2.45, 2.75) is 24.8 Å². The number of benzene rings is 3. The number of sulfonamides is 1. The van der Waals surface area contributed by atoms with E-state index in [4.69, 9.17) is 4.74 Å². The number of ether oxygens (including phenoxy) is 1. The third-order valence-electron chi connectivity index (χ3n) is 4.08. The highest BCUT2D eigenvalue weighted by Gasteiger charge is 2.29. The van der Waals surface area contributed by atoms with Gasteiger partial charge in [0.2, 0.25) is 0 Å². The summed E-state index contributed by atoms with van der Waals surface area (Å²) in [5, 5.41) is 1.44. The van der Waals surface area contributed by atoms with Crippen LogP contribution in [0, 0.1) is 0 Å². The molecule has 0 aliphatic heterocycles. The maximum atomic E-state index is 13.5. The Morgan fingerprint density at radius 2 is 1.44 bits per heavy atom. The molecule has 0 fully saturated rings. The van der Waals surface area contributed by atoms with Gasteiger partial charge in [-0.25, -0.2) is 8.42 Å². The third-order valence-corrected chi connectivity index (χ3v) is 6.14. The van der Waals surface area contributed by atoms with Crippen molar-refractivity contribution in [3.8, 4) is 5.75 Å². The molecule has 0 aromatic heterocycles. The molecule has 0 amide bonds. The van der Waals surface area contributed by atoms with Crippen LogP contribution in [0.3, 0.4) is 0 Å². The Morgan fingerprint density at radius 3 is 2.04 bits per heavy atom. The molecular weight excluding hydrogens is 334 g/mol. The van der Waals surface area contributed by atoms with Crippen molar-refractivity contribution < 1.29 is 13.2 Å². The van der Waals surface area contributed by atoms with E-state index in [1.807, 2.05) is 68.4 Å². The number of methoxy groups -OCH3 is 1. The Bertz CT molecular complexity index is 982. The highest BCUT2D eigenvalue weighted by molar-refractivity contribution is 7.93. The average molecular weight is 355 g/mol. The molecule has 0 spiro atoms. The molecule has 3 rings (SSSR count). The molecule has 0 bridgehead atoms. The van der Waals surface area contributed by atoms with Gasteiger partial charge in [-0.05, 0) is 38.1 Å². The fourth-order valence-corrected chi connectivity index (χ4v) is 4.90. The van der Waals surface area contributed by atoms with Gasteiger partial charge in [0.15, 0.2) is 0 Å². The topological polar surface area (TPSA) is 46.6 Å². The molecular formula is C20H21NO3S. The van der Waals surface area contributed by atoms with Gasteiger partial charge >= 0.3 is 0 Å². The van der Waals surface area contributed by atoms with Gasteiger partial charge in [0.25, 0.3) is 10.0 Å². The lowest BCUT2D eigenvalue weighted by atomic mass is 10.1. The lowest BCUT2D eigenvalue weighted by Gasteiger charge is -2.29. The Labute approximate surface area is 148 Å². The molecule has 0 aliphatic rings. The minimum Gasteiger partial charge on any atom is -0.496 e. The van der Waals surface area contributed by atoms with Crippen LogP contribution >= 0.6 is 0 Å². The maximum absolute atomic E-state index is 13.5. The van der Waals surface area contributed by atoms with Gasteiger partial charge in [0.1, 0.15) is 5.75 Å². The predicted octanol–water partition coefficient (Wildman–Crippen LogP) is 4.45. The summed E-state index contributed by atoms with van der Waals surface area (Å²) in [6, 6.07) is 19.7. The fourth-order valence-electron chi connectivity index (χ4n) is 3.04. The predicted molar refractivity (Wildman–Crippen MR) is 102 cm³/mol. The van der Waals surface area contributed by atoms with Gasteiger partial charge in [0.05, 0.1) is 17.7 Å². The SMILES string of the molecule is COc1ccc(S(=O)(=O)N(c2ccccc2)C(C)C)c2ccccc12. The first-order chi connectivity index (χ1) is 12.0. The molecule has 0 aliphatic carbocycles. The summed E-state index contributed by atoms with van der Waals surface area (Å²) >= 11 is 0. The summed E-state index contributed by atoms with van der Waals surface area (Å²) in [7, 11) is -2.14. The zero-order chi connectivity index (χ0) is 18.0. The van der Waals surface area contributed by atoms with Crippen molar-refractivity contribution in [3.63, 3.8) is 0 Å². The van der Waals surface area contributed by atoms with Crippen molar-refractivity contribution in [3.05, 3.63) is 66.7 Å². The Kier molecular flexibility index (Phi) is 4.68. The highest BCUT2D eigenvalue weighted by atomic mass is 32.2. The molecule has 0 N–H and O–H groups in total. The molecule has 0 saturated carbocycles. The monoisotopic (exact) mass is 355 g/mol. The summed E-state index contributed by atoms with van der Waals surface area (Å²) in [5.74, 6) is 0.658. The summed E-state index contributed by atoms with van der Waals surface area (Å²) in [5.41, 5.74) is 0.650. The zero-order valence-corrected chi connectivity index (χ0v) is 15.3.